The molecule has 0 amide bonds. The first kappa shape index (κ1) is 12.9. The van der Waals surface area contributed by atoms with Crippen LogP contribution in [0.1, 0.15) is 39.5 Å². The van der Waals surface area contributed by atoms with E-state index in [9.17, 15) is 0 Å². The normalized spacial score (nSPS) is 11.5. The molecule has 0 atom stereocenters. The van der Waals surface area contributed by atoms with Gasteiger partial charge < -0.3 is 10.2 Å². The molecule has 0 aliphatic carbocycles. The Balaban J connectivity index is 3.72. The molecular weight excluding hydrogens is 160 g/mol. The van der Waals surface area contributed by atoms with Crippen molar-refractivity contribution in [2.45, 2.75) is 45.6 Å². The molecule has 80 valence electrons. The van der Waals surface area contributed by atoms with Gasteiger partial charge in [0.1, 0.15) is 0 Å². The van der Waals surface area contributed by atoms with Crippen molar-refractivity contribution >= 4 is 0 Å². The van der Waals surface area contributed by atoms with E-state index in [1.54, 1.807) is 0 Å². The van der Waals surface area contributed by atoms with Crippen LogP contribution in [0, 0.1) is 0 Å². The minimum absolute atomic E-state index is 0.795. The van der Waals surface area contributed by atoms with Gasteiger partial charge in [0.15, 0.2) is 0 Å². The molecule has 0 aliphatic rings. The smallest absolute Gasteiger partial charge is 0.0107 e. The summed E-state index contributed by atoms with van der Waals surface area (Å²) in [5, 5.41) is 3.20. The van der Waals surface area contributed by atoms with E-state index in [1.165, 1.54) is 32.2 Å². The van der Waals surface area contributed by atoms with Crippen LogP contribution in [0.5, 0.6) is 0 Å². The fourth-order valence-corrected chi connectivity index (χ4v) is 1.72. The zero-order chi connectivity index (χ0) is 10.1. The molecule has 0 unspecified atom stereocenters. The highest BCUT2D eigenvalue weighted by Crippen LogP contribution is 2.10. The Kier molecular flexibility index (Phi) is 8.46. The lowest BCUT2D eigenvalue weighted by atomic mass is 10.1. The van der Waals surface area contributed by atoms with Gasteiger partial charge in [-0.1, -0.05) is 26.7 Å². The van der Waals surface area contributed by atoms with Crippen molar-refractivity contribution in [1.29, 1.82) is 0 Å². The highest BCUT2D eigenvalue weighted by Gasteiger charge is 2.11. The molecule has 0 spiro atoms. The van der Waals surface area contributed by atoms with Crippen LogP contribution in [0.15, 0.2) is 0 Å². The molecule has 0 aromatic rings. The van der Waals surface area contributed by atoms with Crippen molar-refractivity contribution in [3.05, 3.63) is 0 Å². The highest BCUT2D eigenvalue weighted by molar-refractivity contribution is 4.68. The largest absolute Gasteiger partial charge is 0.318 e. The summed E-state index contributed by atoms with van der Waals surface area (Å²) in [5.41, 5.74) is 0. The van der Waals surface area contributed by atoms with Crippen molar-refractivity contribution in [2.75, 3.05) is 27.2 Å². The second-order valence-corrected chi connectivity index (χ2v) is 3.82. The molecule has 2 heteroatoms. The maximum Gasteiger partial charge on any atom is 0.0107 e. The lowest BCUT2D eigenvalue weighted by molar-refractivity contribution is 0.218. The number of rotatable bonds is 8. The molecular formula is C11H26N2. The Morgan fingerprint density at radius 2 is 1.69 bits per heavy atom. The van der Waals surface area contributed by atoms with Crippen LogP contribution in [-0.2, 0) is 0 Å². The predicted octanol–water partition coefficient (Wildman–Crippen LogP) is 2.11. The van der Waals surface area contributed by atoms with Gasteiger partial charge in [0.25, 0.3) is 0 Å². The first-order valence-electron chi connectivity index (χ1n) is 5.61. The van der Waals surface area contributed by atoms with Gasteiger partial charge in [0, 0.05) is 19.1 Å². The minimum Gasteiger partial charge on any atom is -0.318 e. The van der Waals surface area contributed by atoms with Crippen LogP contribution in [0.4, 0.5) is 0 Å². The summed E-state index contributed by atoms with van der Waals surface area (Å²) >= 11 is 0. The number of nitrogens with one attached hydrogen (secondary N) is 1. The molecule has 0 fully saturated rings. The summed E-state index contributed by atoms with van der Waals surface area (Å²) in [5.74, 6) is 0. The number of hydrogen-bond acceptors (Lipinski definition) is 2. The zero-order valence-corrected chi connectivity index (χ0v) is 9.77. The van der Waals surface area contributed by atoms with E-state index in [0.717, 1.165) is 12.6 Å². The highest BCUT2D eigenvalue weighted by atomic mass is 15.1. The lowest BCUT2D eigenvalue weighted by Crippen LogP contribution is -2.36. The van der Waals surface area contributed by atoms with E-state index in [-0.39, 0.29) is 0 Å². The van der Waals surface area contributed by atoms with E-state index >= 15 is 0 Å². The number of likely N-dealkylation sites (N-methyl/N-ethyl adjacent to an activating group) is 2. The van der Waals surface area contributed by atoms with Crippen molar-refractivity contribution in [1.82, 2.24) is 10.2 Å². The summed E-state index contributed by atoms with van der Waals surface area (Å²) < 4.78 is 0. The third-order valence-corrected chi connectivity index (χ3v) is 2.58. The molecule has 0 rings (SSSR count). The summed E-state index contributed by atoms with van der Waals surface area (Å²) in [7, 11) is 4.26. The van der Waals surface area contributed by atoms with E-state index in [4.69, 9.17) is 0 Å². The Morgan fingerprint density at radius 3 is 2.08 bits per heavy atom. The van der Waals surface area contributed by atoms with Gasteiger partial charge in [-0.3, -0.25) is 0 Å². The molecule has 0 bridgehead atoms. The van der Waals surface area contributed by atoms with Gasteiger partial charge in [0.05, 0.1) is 0 Å². The number of hydrogen-bond donors (Lipinski definition) is 1. The molecule has 0 aliphatic heterocycles. The second kappa shape index (κ2) is 8.52. The van der Waals surface area contributed by atoms with Crippen LogP contribution in [0.2, 0.25) is 0 Å². The van der Waals surface area contributed by atoms with Gasteiger partial charge in [-0.05, 0) is 26.9 Å². The van der Waals surface area contributed by atoms with Crippen molar-refractivity contribution in [3.63, 3.8) is 0 Å². The fraction of sp³-hybridized carbons (Fsp3) is 1.00. The second-order valence-electron chi connectivity index (χ2n) is 3.82. The standard InChI is InChI=1S/C11H26N2/c1-5-7-11(8-6-2)13(4)10-9-12-3/h11-12H,5-10H2,1-4H3. The topological polar surface area (TPSA) is 15.3 Å². The molecule has 0 heterocycles. The maximum absolute atomic E-state index is 3.20. The third-order valence-electron chi connectivity index (χ3n) is 2.58. The fourth-order valence-electron chi connectivity index (χ4n) is 1.72. The lowest BCUT2D eigenvalue weighted by Gasteiger charge is -2.27. The van der Waals surface area contributed by atoms with Gasteiger partial charge >= 0.3 is 0 Å². The zero-order valence-electron chi connectivity index (χ0n) is 9.77. The first-order chi connectivity index (χ1) is 6.26. The van der Waals surface area contributed by atoms with E-state index < -0.39 is 0 Å². The quantitative estimate of drug-likeness (QED) is 0.624. The SMILES string of the molecule is CCCC(CCC)N(C)CCNC. The number of nitrogens with zero attached hydrogens (tertiary/aromatic N) is 1. The summed E-state index contributed by atoms with van der Waals surface area (Å²) in [6.45, 7) is 6.81. The third kappa shape index (κ3) is 6.05. The molecule has 0 saturated carbocycles. The Morgan fingerprint density at radius 1 is 1.15 bits per heavy atom. The van der Waals surface area contributed by atoms with Gasteiger partial charge in [-0.2, -0.15) is 0 Å². The first-order valence-corrected chi connectivity index (χ1v) is 5.61. The van der Waals surface area contributed by atoms with Gasteiger partial charge in [0.2, 0.25) is 0 Å². The predicted molar refractivity (Wildman–Crippen MR) is 60.2 cm³/mol. The van der Waals surface area contributed by atoms with Gasteiger partial charge in [-0.25, -0.2) is 0 Å². The molecule has 1 N–H and O–H groups in total. The molecule has 0 aromatic carbocycles. The maximum atomic E-state index is 3.20. The van der Waals surface area contributed by atoms with E-state index in [1.807, 2.05) is 7.05 Å². The van der Waals surface area contributed by atoms with Crippen LogP contribution in [0.3, 0.4) is 0 Å². The van der Waals surface area contributed by atoms with Crippen molar-refractivity contribution in [3.8, 4) is 0 Å². The van der Waals surface area contributed by atoms with Crippen LogP contribution >= 0.6 is 0 Å². The summed E-state index contributed by atoms with van der Waals surface area (Å²) in [4.78, 5) is 2.49. The Hall–Kier alpha value is -0.0800. The van der Waals surface area contributed by atoms with Crippen LogP contribution < -0.4 is 5.32 Å². The summed E-state index contributed by atoms with van der Waals surface area (Å²) in [6.07, 6.45) is 5.28. The molecule has 0 radical (unpaired) electrons. The molecule has 0 saturated heterocycles. The van der Waals surface area contributed by atoms with Crippen molar-refractivity contribution in [2.24, 2.45) is 0 Å². The summed E-state index contributed by atoms with van der Waals surface area (Å²) in [6, 6.07) is 0.795. The van der Waals surface area contributed by atoms with E-state index in [2.05, 4.69) is 31.1 Å². The Bertz CT molecular complexity index is 98.3. The van der Waals surface area contributed by atoms with E-state index in [0.29, 0.717) is 0 Å². The average molecular weight is 186 g/mol. The molecule has 2 nitrogen and oxygen atoms in total. The van der Waals surface area contributed by atoms with Crippen LogP contribution in [0.25, 0.3) is 0 Å². The average Bonchev–Trinajstić information content (AvgIpc) is 2.14. The van der Waals surface area contributed by atoms with Crippen molar-refractivity contribution < 1.29 is 0 Å². The Labute approximate surface area is 83.7 Å². The molecule has 0 aromatic heterocycles. The minimum atomic E-state index is 0.795. The molecule has 13 heavy (non-hydrogen) atoms. The van der Waals surface area contributed by atoms with Gasteiger partial charge in [-0.15, -0.1) is 0 Å². The monoisotopic (exact) mass is 186 g/mol. The van der Waals surface area contributed by atoms with Crippen LogP contribution in [-0.4, -0.2) is 38.1 Å².